The maximum absolute atomic E-state index is 12.9. The first-order valence-electron chi connectivity index (χ1n) is 9.82. The van der Waals surface area contributed by atoms with Gasteiger partial charge in [-0.25, -0.2) is 9.67 Å². The summed E-state index contributed by atoms with van der Waals surface area (Å²) in [5.41, 5.74) is 5.36. The van der Waals surface area contributed by atoms with Gasteiger partial charge in [-0.2, -0.15) is 5.10 Å². The average Bonchev–Trinajstić information content (AvgIpc) is 3.04. The highest BCUT2D eigenvalue weighted by atomic mass is 16.1. The SMILES string of the molecule is Cc1cc(C(=O)NCCc2ccccc2)c2c(C)nn(Cc3ccccc3)c2n1. The van der Waals surface area contributed by atoms with E-state index in [1.54, 1.807) is 0 Å². The fourth-order valence-electron chi connectivity index (χ4n) is 3.58. The number of carbonyl (C=O) groups is 1. The number of nitrogens with one attached hydrogen (secondary N) is 1. The van der Waals surface area contributed by atoms with E-state index in [4.69, 9.17) is 0 Å². The van der Waals surface area contributed by atoms with Gasteiger partial charge in [0, 0.05) is 12.2 Å². The summed E-state index contributed by atoms with van der Waals surface area (Å²) in [6, 6.07) is 22.2. The molecular formula is C24H24N4O. The maximum atomic E-state index is 12.9. The summed E-state index contributed by atoms with van der Waals surface area (Å²) < 4.78 is 1.88. The molecule has 0 spiro atoms. The van der Waals surface area contributed by atoms with Crippen molar-refractivity contribution in [3.05, 3.63) is 94.8 Å². The fourth-order valence-corrected chi connectivity index (χ4v) is 3.58. The minimum atomic E-state index is -0.0845. The number of pyridine rings is 1. The van der Waals surface area contributed by atoms with Crippen molar-refractivity contribution in [3.8, 4) is 0 Å². The van der Waals surface area contributed by atoms with Crippen LogP contribution >= 0.6 is 0 Å². The number of benzene rings is 2. The van der Waals surface area contributed by atoms with Crippen LogP contribution in [-0.2, 0) is 13.0 Å². The van der Waals surface area contributed by atoms with Gasteiger partial charge in [0.15, 0.2) is 5.65 Å². The van der Waals surface area contributed by atoms with Crippen molar-refractivity contribution < 1.29 is 4.79 Å². The molecule has 2 heterocycles. The minimum absolute atomic E-state index is 0.0845. The quantitative estimate of drug-likeness (QED) is 0.545. The second kappa shape index (κ2) is 8.27. The number of aromatic nitrogens is 3. The molecule has 29 heavy (non-hydrogen) atoms. The van der Waals surface area contributed by atoms with Crippen molar-refractivity contribution in [1.29, 1.82) is 0 Å². The Morgan fingerprint density at radius 1 is 0.966 bits per heavy atom. The highest BCUT2D eigenvalue weighted by molar-refractivity contribution is 6.06. The Morgan fingerprint density at radius 3 is 2.31 bits per heavy atom. The lowest BCUT2D eigenvalue weighted by molar-refractivity contribution is 0.0955. The molecule has 0 bridgehead atoms. The van der Waals surface area contributed by atoms with Gasteiger partial charge < -0.3 is 5.32 Å². The molecule has 0 atom stereocenters. The van der Waals surface area contributed by atoms with Gasteiger partial charge in [0.2, 0.25) is 0 Å². The van der Waals surface area contributed by atoms with Crippen molar-refractivity contribution in [1.82, 2.24) is 20.1 Å². The predicted octanol–water partition coefficient (Wildman–Crippen LogP) is 4.07. The minimum Gasteiger partial charge on any atom is -0.352 e. The zero-order chi connectivity index (χ0) is 20.2. The molecule has 0 aliphatic heterocycles. The molecule has 2 aromatic heterocycles. The molecule has 0 aliphatic carbocycles. The molecule has 5 nitrogen and oxygen atoms in total. The Labute approximate surface area is 170 Å². The van der Waals surface area contributed by atoms with E-state index >= 15 is 0 Å². The molecule has 0 aliphatic rings. The van der Waals surface area contributed by atoms with Crippen LogP contribution in [0.3, 0.4) is 0 Å². The van der Waals surface area contributed by atoms with Crippen LogP contribution in [0.2, 0.25) is 0 Å². The summed E-state index contributed by atoms with van der Waals surface area (Å²) in [5, 5.41) is 8.54. The number of nitrogens with zero attached hydrogens (tertiary/aromatic N) is 3. The zero-order valence-corrected chi connectivity index (χ0v) is 16.7. The lowest BCUT2D eigenvalue weighted by Gasteiger charge is -2.09. The lowest BCUT2D eigenvalue weighted by atomic mass is 10.1. The van der Waals surface area contributed by atoms with Gasteiger partial charge in [-0.3, -0.25) is 4.79 Å². The zero-order valence-electron chi connectivity index (χ0n) is 16.7. The Hall–Kier alpha value is -3.47. The molecule has 0 saturated heterocycles. The van der Waals surface area contributed by atoms with Gasteiger partial charge in [-0.05, 0) is 37.5 Å². The second-order valence-electron chi connectivity index (χ2n) is 7.23. The highest BCUT2D eigenvalue weighted by Gasteiger charge is 2.18. The topological polar surface area (TPSA) is 59.8 Å². The molecule has 0 saturated carbocycles. The first kappa shape index (κ1) is 18.9. The van der Waals surface area contributed by atoms with Crippen LogP contribution in [0.1, 0.15) is 32.9 Å². The lowest BCUT2D eigenvalue weighted by Crippen LogP contribution is -2.26. The highest BCUT2D eigenvalue weighted by Crippen LogP contribution is 2.23. The third-order valence-electron chi connectivity index (χ3n) is 4.97. The van der Waals surface area contributed by atoms with Crippen molar-refractivity contribution >= 4 is 16.9 Å². The standard InChI is InChI=1S/C24H24N4O/c1-17-15-21(24(29)25-14-13-19-9-5-3-6-10-19)22-18(2)27-28(23(22)26-17)16-20-11-7-4-8-12-20/h3-12,15H,13-14,16H2,1-2H3,(H,25,29). The van der Waals surface area contributed by atoms with Gasteiger partial charge in [0.25, 0.3) is 5.91 Å². The summed E-state index contributed by atoms with van der Waals surface area (Å²) >= 11 is 0. The van der Waals surface area contributed by atoms with Crippen LogP contribution in [-0.4, -0.2) is 27.2 Å². The predicted molar refractivity (Wildman–Crippen MR) is 115 cm³/mol. The fraction of sp³-hybridized carbons (Fsp3) is 0.208. The number of aryl methyl sites for hydroxylation is 2. The number of fused-ring (bicyclic) bond motifs is 1. The number of hydrogen-bond donors (Lipinski definition) is 1. The third kappa shape index (κ3) is 4.19. The summed E-state index contributed by atoms with van der Waals surface area (Å²) in [6.07, 6.45) is 0.798. The average molecular weight is 384 g/mol. The van der Waals surface area contributed by atoms with Crippen LogP contribution in [0.15, 0.2) is 66.7 Å². The molecule has 4 rings (SSSR count). The summed E-state index contributed by atoms with van der Waals surface area (Å²) in [5.74, 6) is -0.0845. The Bertz CT molecular complexity index is 1130. The van der Waals surface area contributed by atoms with Crippen molar-refractivity contribution in [3.63, 3.8) is 0 Å². The summed E-state index contributed by atoms with van der Waals surface area (Å²) in [4.78, 5) is 17.6. The number of carbonyl (C=O) groups excluding carboxylic acids is 1. The Morgan fingerprint density at radius 2 is 1.62 bits per heavy atom. The molecule has 4 aromatic rings. The van der Waals surface area contributed by atoms with Gasteiger partial charge in [-0.15, -0.1) is 0 Å². The molecule has 0 fully saturated rings. The van der Waals surface area contributed by atoms with E-state index < -0.39 is 0 Å². The Balaban J connectivity index is 1.60. The Kier molecular flexibility index (Phi) is 5.38. The van der Waals surface area contributed by atoms with Gasteiger partial charge in [-0.1, -0.05) is 60.7 Å². The molecule has 2 aromatic carbocycles. The van der Waals surface area contributed by atoms with Gasteiger partial charge in [0.05, 0.1) is 23.2 Å². The van der Waals surface area contributed by atoms with Crippen molar-refractivity contribution in [2.45, 2.75) is 26.8 Å². The van der Waals surface area contributed by atoms with Crippen LogP contribution in [0, 0.1) is 13.8 Å². The van der Waals surface area contributed by atoms with E-state index in [0.29, 0.717) is 18.7 Å². The molecule has 146 valence electrons. The number of amides is 1. The largest absolute Gasteiger partial charge is 0.352 e. The van der Waals surface area contributed by atoms with Crippen LogP contribution in [0.5, 0.6) is 0 Å². The first-order chi connectivity index (χ1) is 14.1. The van der Waals surface area contributed by atoms with Crippen molar-refractivity contribution in [2.75, 3.05) is 6.54 Å². The van der Waals surface area contributed by atoms with E-state index in [-0.39, 0.29) is 5.91 Å². The normalized spacial score (nSPS) is 11.0. The summed E-state index contributed by atoms with van der Waals surface area (Å²) in [7, 11) is 0. The molecular weight excluding hydrogens is 360 g/mol. The summed E-state index contributed by atoms with van der Waals surface area (Å²) in [6.45, 7) is 5.05. The van der Waals surface area contributed by atoms with Crippen LogP contribution in [0.25, 0.3) is 11.0 Å². The van der Waals surface area contributed by atoms with Gasteiger partial charge in [0.1, 0.15) is 0 Å². The van der Waals surface area contributed by atoms with Gasteiger partial charge >= 0.3 is 0 Å². The molecule has 0 unspecified atom stereocenters. The van der Waals surface area contributed by atoms with E-state index in [0.717, 1.165) is 34.4 Å². The first-order valence-corrected chi connectivity index (χ1v) is 9.82. The van der Waals surface area contributed by atoms with E-state index in [1.165, 1.54) is 5.56 Å². The number of rotatable bonds is 6. The molecule has 1 amide bonds. The van der Waals surface area contributed by atoms with E-state index in [2.05, 4.69) is 39.7 Å². The molecule has 0 radical (unpaired) electrons. The van der Waals surface area contributed by atoms with E-state index in [9.17, 15) is 4.79 Å². The van der Waals surface area contributed by atoms with Crippen LogP contribution in [0.4, 0.5) is 0 Å². The maximum Gasteiger partial charge on any atom is 0.252 e. The molecule has 5 heteroatoms. The third-order valence-corrected chi connectivity index (χ3v) is 4.97. The number of hydrogen-bond acceptors (Lipinski definition) is 3. The monoisotopic (exact) mass is 384 g/mol. The smallest absolute Gasteiger partial charge is 0.252 e. The molecule has 1 N–H and O–H groups in total. The second-order valence-corrected chi connectivity index (χ2v) is 7.23. The van der Waals surface area contributed by atoms with E-state index in [1.807, 2.05) is 61.0 Å². The van der Waals surface area contributed by atoms with Crippen molar-refractivity contribution in [2.24, 2.45) is 0 Å². The van der Waals surface area contributed by atoms with Crippen LogP contribution < -0.4 is 5.32 Å².